The summed E-state index contributed by atoms with van der Waals surface area (Å²) in [5.74, 6) is 0.940. The number of nitrogens with one attached hydrogen (secondary N) is 1. The minimum atomic E-state index is -3.05. The van der Waals surface area contributed by atoms with E-state index in [9.17, 15) is 13.2 Å². The number of sulfone groups is 1. The van der Waals surface area contributed by atoms with Crippen LogP contribution in [0.4, 0.5) is 0 Å². The van der Waals surface area contributed by atoms with Gasteiger partial charge in [0.15, 0.2) is 20.8 Å². The van der Waals surface area contributed by atoms with Gasteiger partial charge in [0.25, 0.3) is 0 Å². The van der Waals surface area contributed by atoms with E-state index in [1.807, 2.05) is 34.9 Å². The molecule has 1 aliphatic heterocycles. The highest BCUT2D eigenvalue weighted by atomic mass is 35.5. The lowest BCUT2D eigenvalue weighted by atomic mass is 10.0. The highest BCUT2D eigenvalue weighted by Gasteiger charge is 2.29. The summed E-state index contributed by atoms with van der Waals surface area (Å²) in [5, 5.41) is 12.9. The van der Waals surface area contributed by atoms with Crippen molar-refractivity contribution in [1.82, 2.24) is 20.1 Å². The van der Waals surface area contributed by atoms with Crippen molar-refractivity contribution in [3.05, 3.63) is 59.1 Å². The Kier molecular flexibility index (Phi) is 7.11. The number of carbonyl (C=O) groups is 1. The summed E-state index contributed by atoms with van der Waals surface area (Å²) in [6.45, 7) is 4.25. The molecule has 0 unspecified atom stereocenters. The number of rotatable bonds is 7. The van der Waals surface area contributed by atoms with E-state index in [0.717, 1.165) is 16.8 Å². The predicted molar refractivity (Wildman–Crippen MR) is 132 cm³/mol. The summed E-state index contributed by atoms with van der Waals surface area (Å²) < 4.78 is 25.3. The first-order valence-corrected chi connectivity index (χ1v) is 13.9. The molecule has 0 aliphatic carbocycles. The predicted octanol–water partition coefficient (Wildman–Crippen LogP) is 4.11. The number of para-hydroxylation sites is 1. The molecule has 1 atom stereocenters. The van der Waals surface area contributed by atoms with Gasteiger partial charge in [-0.1, -0.05) is 55.4 Å². The minimum absolute atomic E-state index is 0.00205. The average Bonchev–Trinajstić information content (AvgIpc) is 3.35. The second-order valence-corrected chi connectivity index (χ2v) is 11.9. The first-order valence-electron chi connectivity index (χ1n) is 10.7. The van der Waals surface area contributed by atoms with Crippen LogP contribution in [0.3, 0.4) is 0 Å². The molecule has 7 nitrogen and oxygen atoms in total. The monoisotopic (exact) mass is 504 g/mol. The summed E-state index contributed by atoms with van der Waals surface area (Å²) >= 11 is 7.35. The smallest absolute Gasteiger partial charge is 0.230 e. The molecule has 1 aromatic heterocycles. The second-order valence-electron chi connectivity index (χ2n) is 8.32. The fourth-order valence-corrected chi connectivity index (χ4v) is 6.41. The summed E-state index contributed by atoms with van der Waals surface area (Å²) in [4.78, 5) is 12.5. The molecular weight excluding hydrogens is 480 g/mol. The van der Waals surface area contributed by atoms with Gasteiger partial charge >= 0.3 is 0 Å². The molecule has 0 bridgehead atoms. The van der Waals surface area contributed by atoms with Crippen LogP contribution in [-0.4, -0.2) is 52.4 Å². The third-order valence-corrected chi connectivity index (χ3v) is 8.41. The molecule has 3 aromatic rings. The van der Waals surface area contributed by atoms with Crippen molar-refractivity contribution in [3.63, 3.8) is 0 Å². The van der Waals surface area contributed by atoms with E-state index < -0.39 is 9.84 Å². The van der Waals surface area contributed by atoms with E-state index in [0.29, 0.717) is 22.4 Å². The van der Waals surface area contributed by atoms with Crippen LogP contribution in [0.5, 0.6) is 0 Å². The average molecular weight is 505 g/mol. The van der Waals surface area contributed by atoms with E-state index in [2.05, 4.69) is 35.4 Å². The molecule has 0 saturated carbocycles. The van der Waals surface area contributed by atoms with Crippen LogP contribution in [-0.2, 0) is 14.6 Å². The Hall–Kier alpha value is -2.36. The van der Waals surface area contributed by atoms with Gasteiger partial charge < -0.3 is 5.32 Å². The van der Waals surface area contributed by atoms with Gasteiger partial charge in [0, 0.05) is 16.6 Å². The molecule has 174 valence electrons. The van der Waals surface area contributed by atoms with Crippen molar-refractivity contribution in [1.29, 1.82) is 0 Å². The highest BCUT2D eigenvalue weighted by Crippen LogP contribution is 2.32. The van der Waals surface area contributed by atoms with Crippen molar-refractivity contribution < 1.29 is 13.2 Å². The lowest BCUT2D eigenvalue weighted by molar-refractivity contribution is -0.119. The third-order valence-electron chi connectivity index (χ3n) is 5.47. The summed E-state index contributed by atoms with van der Waals surface area (Å²) in [5.41, 5.74) is 2.94. The first kappa shape index (κ1) is 23.8. The molecule has 1 amide bonds. The zero-order valence-corrected chi connectivity index (χ0v) is 20.8. The van der Waals surface area contributed by atoms with Gasteiger partial charge in [0.1, 0.15) is 0 Å². The van der Waals surface area contributed by atoms with Crippen molar-refractivity contribution in [2.75, 3.05) is 17.3 Å². The van der Waals surface area contributed by atoms with Crippen molar-refractivity contribution in [2.24, 2.45) is 0 Å². The Morgan fingerprint density at radius 3 is 2.58 bits per heavy atom. The fourth-order valence-electron chi connectivity index (χ4n) is 3.85. The molecule has 2 aromatic carbocycles. The highest BCUT2D eigenvalue weighted by molar-refractivity contribution is 7.99. The molecule has 1 fully saturated rings. The van der Waals surface area contributed by atoms with Gasteiger partial charge in [0.05, 0.1) is 22.9 Å². The molecule has 4 rings (SSSR count). The summed E-state index contributed by atoms with van der Waals surface area (Å²) in [7, 11) is -3.05. The number of hydrogen-bond donors (Lipinski definition) is 1. The van der Waals surface area contributed by atoms with E-state index in [1.54, 1.807) is 12.1 Å². The van der Waals surface area contributed by atoms with E-state index in [4.69, 9.17) is 11.6 Å². The molecule has 10 heteroatoms. The summed E-state index contributed by atoms with van der Waals surface area (Å²) in [6.07, 6.45) is 0.456. The lowest BCUT2D eigenvalue weighted by Gasteiger charge is -2.17. The van der Waals surface area contributed by atoms with Crippen LogP contribution >= 0.6 is 23.4 Å². The van der Waals surface area contributed by atoms with Gasteiger partial charge in [-0.05, 0) is 48.2 Å². The van der Waals surface area contributed by atoms with E-state index >= 15 is 0 Å². The topological polar surface area (TPSA) is 94.0 Å². The normalized spacial score (nSPS) is 17.4. The number of amides is 1. The summed E-state index contributed by atoms with van der Waals surface area (Å²) in [6, 6.07) is 15.1. The van der Waals surface area contributed by atoms with Crippen LogP contribution in [0.1, 0.15) is 31.7 Å². The van der Waals surface area contributed by atoms with Crippen LogP contribution in [0.25, 0.3) is 17.1 Å². The number of benzene rings is 2. The zero-order chi connectivity index (χ0) is 23.6. The quantitative estimate of drug-likeness (QED) is 0.487. The van der Waals surface area contributed by atoms with Crippen LogP contribution < -0.4 is 5.32 Å². The Morgan fingerprint density at radius 2 is 1.91 bits per heavy atom. The van der Waals surface area contributed by atoms with E-state index in [-0.39, 0.29) is 35.1 Å². The van der Waals surface area contributed by atoms with Crippen LogP contribution in [0.15, 0.2) is 53.7 Å². The van der Waals surface area contributed by atoms with Crippen LogP contribution in [0.2, 0.25) is 5.02 Å². The van der Waals surface area contributed by atoms with Crippen molar-refractivity contribution in [3.8, 4) is 17.1 Å². The first-order chi connectivity index (χ1) is 15.7. The lowest BCUT2D eigenvalue weighted by Crippen LogP contribution is -2.36. The number of nitrogens with zero attached hydrogens (tertiary/aromatic N) is 3. The standard InChI is InChI=1S/C23H25ClN4O3S2/c1-15(2)19-5-3-4-6-20(19)28-22(16-7-9-17(24)10-8-16)26-27-23(28)32-13-21(29)25-18-11-12-33(30,31)14-18/h3-10,15,18H,11-14H2,1-2H3,(H,25,29)/t18-/m0/s1. The molecular formula is C23H25ClN4O3S2. The Morgan fingerprint density at radius 1 is 1.18 bits per heavy atom. The maximum absolute atomic E-state index is 12.5. The number of halogens is 1. The van der Waals surface area contributed by atoms with Gasteiger partial charge in [-0.2, -0.15) is 0 Å². The van der Waals surface area contributed by atoms with Crippen LogP contribution in [0, 0.1) is 0 Å². The molecule has 1 aliphatic rings. The van der Waals surface area contributed by atoms with E-state index in [1.165, 1.54) is 11.8 Å². The molecule has 0 spiro atoms. The molecule has 1 saturated heterocycles. The Labute approximate surface area is 202 Å². The maximum Gasteiger partial charge on any atom is 0.230 e. The third kappa shape index (κ3) is 5.59. The Bertz CT molecular complexity index is 1260. The Balaban J connectivity index is 1.63. The number of aromatic nitrogens is 3. The van der Waals surface area contributed by atoms with Gasteiger partial charge in [-0.15, -0.1) is 10.2 Å². The molecule has 2 heterocycles. The SMILES string of the molecule is CC(C)c1ccccc1-n1c(SCC(=O)N[C@H]2CCS(=O)(=O)C2)nnc1-c1ccc(Cl)cc1. The molecule has 33 heavy (non-hydrogen) atoms. The second kappa shape index (κ2) is 9.87. The number of carbonyl (C=O) groups excluding carboxylic acids is 1. The van der Waals surface area contributed by atoms with Crippen molar-refractivity contribution in [2.45, 2.75) is 37.4 Å². The largest absolute Gasteiger partial charge is 0.352 e. The zero-order valence-electron chi connectivity index (χ0n) is 18.4. The minimum Gasteiger partial charge on any atom is -0.352 e. The maximum atomic E-state index is 12.5. The van der Waals surface area contributed by atoms with Gasteiger partial charge in [-0.3, -0.25) is 9.36 Å². The molecule has 0 radical (unpaired) electrons. The fraction of sp³-hybridized carbons (Fsp3) is 0.348. The van der Waals surface area contributed by atoms with Gasteiger partial charge in [0.2, 0.25) is 5.91 Å². The number of hydrogen-bond acceptors (Lipinski definition) is 6. The van der Waals surface area contributed by atoms with Crippen molar-refractivity contribution >= 4 is 39.1 Å². The number of thioether (sulfide) groups is 1. The molecule has 1 N–H and O–H groups in total. The van der Waals surface area contributed by atoms with Gasteiger partial charge in [-0.25, -0.2) is 8.42 Å².